The summed E-state index contributed by atoms with van der Waals surface area (Å²) in [6.07, 6.45) is 0.396. The van der Waals surface area contributed by atoms with Gasteiger partial charge >= 0.3 is 0 Å². The van der Waals surface area contributed by atoms with E-state index < -0.39 is 0 Å². The number of hydrogen-bond donors (Lipinski definition) is 1. The standard InChI is InChI=1S/C19H20ClNO2/c1-13-3-5-16(6-4-13)18(22)11-12-19(23)21-14(2)15-7-9-17(20)10-8-15/h3-10,14H,11-12H2,1-2H3,(H,21,23). The molecule has 0 saturated heterocycles. The minimum atomic E-state index is -0.132. The van der Waals surface area contributed by atoms with Crippen molar-refractivity contribution in [2.75, 3.05) is 0 Å². The maximum Gasteiger partial charge on any atom is 0.220 e. The number of rotatable bonds is 6. The zero-order valence-electron chi connectivity index (χ0n) is 13.3. The zero-order chi connectivity index (χ0) is 16.8. The third-order valence-electron chi connectivity index (χ3n) is 3.70. The molecule has 0 aromatic heterocycles. The summed E-state index contributed by atoms with van der Waals surface area (Å²) in [6.45, 7) is 3.88. The Morgan fingerprint density at radius 3 is 2.22 bits per heavy atom. The second-order valence-corrected chi connectivity index (χ2v) is 6.07. The lowest BCUT2D eigenvalue weighted by Gasteiger charge is -2.14. The van der Waals surface area contributed by atoms with Crippen LogP contribution in [-0.2, 0) is 4.79 Å². The van der Waals surface area contributed by atoms with E-state index in [1.807, 2.05) is 38.1 Å². The van der Waals surface area contributed by atoms with Crippen molar-refractivity contribution >= 4 is 23.3 Å². The predicted molar refractivity (Wildman–Crippen MR) is 92.8 cm³/mol. The van der Waals surface area contributed by atoms with Crippen LogP contribution in [0.1, 0.15) is 47.3 Å². The molecule has 0 heterocycles. The van der Waals surface area contributed by atoms with Crippen LogP contribution in [0.15, 0.2) is 48.5 Å². The first kappa shape index (κ1) is 17.2. The Kier molecular flexibility index (Phi) is 5.94. The predicted octanol–water partition coefficient (Wildman–Crippen LogP) is 4.49. The summed E-state index contributed by atoms with van der Waals surface area (Å²) < 4.78 is 0. The van der Waals surface area contributed by atoms with Crippen LogP contribution in [-0.4, -0.2) is 11.7 Å². The monoisotopic (exact) mass is 329 g/mol. The summed E-state index contributed by atoms with van der Waals surface area (Å²) in [6, 6.07) is 14.6. The van der Waals surface area contributed by atoms with Crippen molar-refractivity contribution in [3.05, 3.63) is 70.2 Å². The van der Waals surface area contributed by atoms with Crippen molar-refractivity contribution < 1.29 is 9.59 Å². The van der Waals surface area contributed by atoms with Crippen LogP contribution in [0.5, 0.6) is 0 Å². The Hall–Kier alpha value is -2.13. The molecule has 0 fully saturated rings. The van der Waals surface area contributed by atoms with Crippen molar-refractivity contribution in [2.24, 2.45) is 0 Å². The summed E-state index contributed by atoms with van der Waals surface area (Å²) in [5.41, 5.74) is 2.73. The van der Waals surface area contributed by atoms with Gasteiger partial charge in [-0.1, -0.05) is 53.6 Å². The number of ketones is 1. The molecule has 0 radical (unpaired) electrons. The SMILES string of the molecule is Cc1ccc(C(=O)CCC(=O)NC(C)c2ccc(Cl)cc2)cc1. The molecule has 4 heteroatoms. The summed E-state index contributed by atoms with van der Waals surface area (Å²) in [7, 11) is 0. The molecule has 2 aromatic carbocycles. The molecule has 0 aliphatic heterocycles. The molecule has 0 spiro atoms. The molecule has 0 saturated carbocycles. The Labute approximate surface area is 141 Å². The number of carbonyl (C=O) groups excluding carboxylic acids is 2. The summed E-state index contributed by atoms with van der Waals surface area (Å²) in [4.78, 5) is 24.1. The molecular formula is C19H20ClNO2. The largest absolute Gasteiger partial charge is 0.350 e. The highest BCUT2D eigenvalue weighted by atomic mass is 35.5. The second kappa shape index (κ2) is 7.93. The topological polar surface area (TPSA) is 46.2 Å². The Morgan fingerprint density at radius 2 is 1.61 bits per heavy atom. The number of Topliss-reactive ketones (excluding diaryl/α,β-unsaturated/α-hetero) is 1. The number of benzene rings is 2. The Balaban J connectivity index is 1.83. The molecule has 120 valence electrons. The highest BCUT2D eigenvalue weighted by molar-refractivity contribution is 6.30. The second-order valence-electron chi connectivity index (χ2n) is 5.63. The molecule has 1 unspecified atom stereocenters. The number of aryl methyl sites for hydroxylation is 1. The van der Waals surface area contributed by atoms with Gasteiger partial charge in [-0.25, -0.2) is 0 Å². The van der Waals surface area contributed by atoms with Crippen LogP contribution in [0.2, 0.25) is 5.02 Å². The van der Waals surface area contributed by atoms with Crippen LogP contribution < -0.4 is 5.32 Å². The van der Waals surface area contributed by atoms with Gasteiger partial charge in [0.2, 0.25) is 5.91 Å². The summed E-state index contributed by atoms with van der Waals surface area (Å²) >= 11 is 5.85. The number of nitrogens with one attached hydrogen (secondary N) is 1. The van der Waals surface area contributed by atoms with Crippen LogP contribution in [0.4, 0.5) is 0 Å². The lowest BCUT2D eigenvalue weighted by Crippen LogP contribution is -2.26. The molecule has 3 nitrogen and oxygen atoms in total. The highest BCUT2D eigenvalue weighted by Gasteiger charge is 2.12. The molecule has 0 bridgehead atoms. The molecule has 1 N–H and O–H groups in total. The molecule has 2 rings (SSSR count). The molecule has 0 aliphatic carbocycles. The van der Waals surface area contributed by atoms with E-state index in [9.17, 15) is 9.59 Å². The van der Waals surface area contributed by atoms with Crippen LogP contribution in [0.3, 0.4) is 0 Å². The Bertz CT molecular complexity index is 678. The van der Waals surface area contributed by atoms with Gasteiger partial charge in [-0.05, 0) is 31.5 Å². The smallest absolute Gasteiger partial charge is 0.220 e. The van der Waals surface area contributed by atoms with E-state index in [1.165, 1.54) is 0 Å². The van der Waals surface area contributed by atoms with E-state index in [1.54, 1.807) is 24.3 Å². The van der Waals surface area contributed by atoms with Crippen molar-refractivity contribution in [3.8, 4) is 0 Å². The van der Waals surface area contributed by atoms with E-state index in [0.717, 1.165) is 11.1 Å². The third-order valence-corrected chi connectivity index (χ3v) is 3.95. The van der Waals surface area contributed by atoms with E-state index in [2.05, 4.69) is 5.32 Å². The molecule has 23 heavy (non-hydrogen) atoms. The first-order chi connectivity index (χ1) is 11.0. The average Bonchev–Trinajstić information content (AvgIpc) is 2.54. The van der Waals surface area contributed by atoms with E-state index in [-0.39, 0.29) is 30.6 Å². The quantitative estimate of drug-likeness (QED) is 0.794. The van der Waals surface area contributed by atoms with Gasteiger partial charge in [0.1, 0.15) is 0 Å². The minimum absolute atomic E-state index is 0.0145. The lowest BCUT2D eigenvalue weighted by atomic mass is 10.0. The average molecular weight is 330 g/mol. The lowest BCUT2D eigenvalue weighted by molar-refractivity contribution is -0.121. The van der Waals surface area contributed by atoms with Gasteiger partial charge < -0.3 is 5.32 Å². The summed E-state index contributed by atoms with van der Waals surface area (Å²) in [5, 5.41) is 3.56. The van der Waals surface area contributed by atoms with Crippen molar-refractivity contribution in [1.29, 1.82) is 0 Å². The first-order valence-corrected chi connectivity index (χ1v) is 7.98. The van der Waals surface area contributed by atoms with Gasteiger partial charge in [0.05, 0.1) is 6.04 Å². The van der Waals surface area contributed by atoms with Gasteiger partial charge in [0, 0.05) is 23.4 Å². The Morgan fingerprint density at radius 1 is 1.00 bits per heavy atom. The fraction of sp³-hybridized carbons (Fsp3) is 0.263. The van der Waals surface area contributed by atoms with Crippen LogP contribution in [0, 0.1) is 6.92 Å². The number of halogens is 1. The van der Waals surface area contributed by atoms with E-state index in [4.69, 9.17) is 11.6 Å². The minimum Gasteiger partial charge on any atom is -0.350 e. The van der Waals surface area contributed by atoms with Gasteiger partial charge in [0.25, 0.3) is 0 Å². The fourth-order valence-corrected chi connectivity index (χ4v) is 2.39. The molecule has 2 aromatic rings. The molecular weight excluding hydrogens is 310 g/mol. The van der Waals surface area contributed by atoms with Crippen molar-refractivity contribution in [2.45, 2.75) is 32.7 Å². The number of amides is 1. The van der Waals surface area contributed by atoms with Crippen LogP contribution >= 0.6 is 11.6 Å². The molecule has 1 atom stereocenters. The van der Waals surface area contributed by atoms with Gasteiger partial charge in [-0.15, -0.1) is 0 Å². The maximum atomic E-state index is 12.1. The van der Waals surface area contributed by atoms with Gasteiger partial charge in [-0.3, -0.25) is 9.59 Å². The van der Waals surface area contributed by atoms with E-state index in [0.29, 0.717) is 10.6 Å². The summed E-state index contributed by atoms with van der Waals surface area (Å²) in [5.74, 6) is -0.146. The first-order valence-electron chi connectivity index (χ1n) is 7.60. The normalized spacial score (nSPS) is 11.8. The molecule has 0 aliphatic rings. The van der Waals surface area contributed by atoms with Gasteiger partial charge in [-0.2, -0.15) is 0 Å². The number of hydrogen-bond acceptors (Lipinski definition) is 2. The van der Waals surface area contributed by atoms with Gasteiger partial charge in [0.15, 0.2) is 5.78 Å². The maximum absolute atomic E-state index is 12.1. The van der Waals surface area contributed by atoms with Crippen LogP contribution in [0.25, 0.3) is 0 Å². The fourth-order valence-electron chi connectivity index (χ4n) is 2.26. The van der Waals surface area contributed by atoms with Crippen molar-refractivity contribution in [3.63, 3.8) is 0 Å². The molecule has 1 amide bonds. The number of carbonyl (C=O) groups is 2. The highest BCUT2D eigenvalue weighted by Crippen LogP contribution is 2.16. The third kappa shape index (κ3) is 5.22. The van der Waals surface area contributed by atoms with Crippen molar-refractivity contribution in [1.82, 2.24) is 5.32 Å². The zero-order valence-corrected chi connectivity index (χ0v) is 14.1. The van der Waals surface area contributed by atoms with E-state index >= 15 is 0 Å².